The van der Waals surface area contributed by atoms with Gasteiger partial charge in [-0.2, -0.15) is 0 Å². The fourth-order valence-corrected chi connectivity index (χ4v) is 1.83. The van der Waals surface area contributed by atoms with Crippen molar-refractivity contribution in [2.75, 3.05) is 7.11 Å². The Morgan fingerprint density at radius 1 is 1.21 bits per heavy atom. The van der Waals surface area contributed by atoms with Crippen molar-refractivity contribution in [1.29, 1.82) is 0 Å². The second kappa shape index (κ2) is 6.09. The first-order valence-corrected chi connectivity index (χ1v) is 6.24. The molecule has 4 heteroatoms. The van der Waals surface area contributed by atoms with Crippen LogP contribution in [0.5, 0.6) is 5.88 Å². The molecule has 2 rings (SSSR count). The van der Waals surface area contributed by atoms with Crippen LogP contribution >= 0.6 is 0 Å². The number of ether oxygens (including phenoxy) is 1. The molecule has 0 saturated heterocycles. The van der Waals surface area contributed by atoms with Crippen LogP contribution in [0.15, 0.2) is 36.7 Å². The van der Waals surface area contributed by atoms with Gasteiger partial charge < -0.3 is 4.74 Å². The van der Waals surface area contributed by atoms with Crippen molar-refractivity contribution in [3.05, 3.63) is 53.5 Å². The first-order chi connectivity index (χ1) is 9.24. The second-order valence-electron chi connectivity index (χ2n) is 4.22. The molecule has 19 heavy (non-hydrogen) atoms. The van der Waals surface area contributed by atoms with Gasteiger partial charge in [0, 0.05) is 11.6 Å². The van der Waals surface area contributed by atoms with Crippen LogP contribution in [0.2, 0.25) is 0 Å². The Labute approximate surface area is 112 Å². The average Bonchev–Trinajstić information content (AvgIpc) is 2.48. The number of hydrogen-bond donors (Lipinski definition) is 0. The predicted octanol–water partition coefficient (Wildman–Crippen LogP) is 2.67. The average molecular weight is 256 g/mol. The van der Waals surface area contributed by atoms with Gasteiger partial charge in [0.15, 0.2) is 0 Å². The molecule has 0 unspecified atom stereocenters. The molecule has 0 amide bonds. The number of carbonyl (C=O) groups excluding carboxylic acids is 1. The molecule has 0 fully saturated rings. The summed E-state index contributed by atoms with van der Waals surface area (Å²) in [7, 11) is 1.51. The van der Waals surface area contributed by atoms with Crippen molar-refractivity contribution < 1.29 is 9.53 Å². The number of aryl methyl sites for hydroxylation is 1. The molecular formula is C15H16N2O2. The Balaban J connectivity index is 2.22. The lowest BCUT2D eigenvalue weighted by Crippen LogP contribution is -2.05. The number of benzene rings is 1. The van der Waals surface area contributed by atoms with Crippen LogP contribution in [0.3, 0.4) is 0 Å². The Morgan fingerprint density at radius 3 is 2.58 bits per heavy atom. The van der Waals surface area contributed by atoms with Gasteiger partial charge in [0.05, 0.1) is 7.11 Å². The van der Waals surface area contributed by atoms with Gasteiger partial charge in [-0.1, -0.05) is 37.6 Å². The van der Waals surface area contributed by atoms with E-state index in [-0.39, 0.29) is 5.78 Å². The highest BCUT2D eigenvalue weighted by Gasteiger charge is 2.11. The van der Waals surface area contributed by atoms with Gasteiger partial charge in [-0.05, 0) is 12.0 Å². The zero-order chi connectivity index (χ0) is 13.7. The third-order valence-corrected chi connectivity index (χ3v) is 2.84. The van der Waals surface area contributed by atoms with Crippen molar-refractivity contribution in [3.8, 4) is 5.88 Å². The largest absolute Gasteiger partial charge is 0.481 e. The van der Waals surface area contributed by atoms with Gasteiger partial charge in [0.1, 0.15) is 12.0 Å². The minimum absolute atomic E-state index is 0.122. The Kier molecular flexibility index (Phi) is 4.23. The maximum Gasteiger partial charge on any atom is 0.216 e. The number of rotatable bonds is 5. The van der Waals surface area contributed by atoms with Gasteiger partial charge in [0.25, 0.3) is 0 Å². The summed E-state index contributed by atoms with van der Waals surface area (Å²) in [5.74, 6) is 0.268. The van der Waals surface area contributed by atoms with E-state index in [0.29, 0.717) is 17.1 Å². The van der Waals surface area contributed by atoms with Gasteiger partial charge in [0.2, 0.25) is 11.7 Å². The lowest BCUT2D eigenvalue weighted by Gasteiger charge is -2.04. The quantitative estimate of drug-likeness (QED) is 0.772. The van der Waals surface area contributed by atoms with Gasteiger partial charge in [-0.3, -0.25) is 4.79 Å². The molecule has 0 N–H and O–H groups in total. The number of carbonyl (C=O) groups is 1. The molecule has 0 atom stereocenters. The molecule has 0 radical (unpaired) electrons. The smallest absolute Gasteiger partial charge is 0.216 e. The summed E-state index contributed by atoms with van der Waals surface area (Å²) < 4.78 is 4.99. The molecule has 1 aromatic heterocycles. The molecule has 0 bridgehead atoms. The van der Waals surface area contributed by atoms with Crippen LogP contribution < -0.4 is 4.74 Å². The van der Waals surface area contributed by atoms with Crippen LogP contribution in [-0.4, -0.2) is 22.9 Å². The summed E-state index contributed by atoms with van der Waals surface area (Å²) in [4.78, 5) is 20.1. The minimum Gasteiger partial charge on any atom is -0.481 e. The highest BCUT2D eigenvalue weighted by molar-refractivity contribution is 6.07. The molecule has 0 aliphatic carbocycles. The number of ketones is 1. The molecule has 0 aliphatic heterocycles. The summed E-state index contributed by atoms with van der Waals surface area (Å²) >= 11 is 0. The molecule has 4 nitrogen and oxygen atoms in total. The topological polar surface area (TPSA) is 52.1 Å². The molecule has 1 heterocycles. The predicted molar refractivity (Wildman–Crippen MR) is 72.5 cm³/mol. The number of methoxy groups -OCH3 is 1. The zero-order valence-corrected chi connectivity index (χ0v) is 11.1. The molecule has 0 saturated carbocycles. The fraction of sp³-hybridized carbons (Fsp3) is 0.267. The number of hydrogen-bond acceptors (Lipinski definition) is 4. The van der Waals surface area contributed by atoms with Crippen molar-refractivity contribution in [1.82, 2.24) is 9.97 Å². The Morgan fingerprint density at radius 2 is 1.95 bits per heavy atom. The summed E-state index contributed by atoms with van der Waals surface area (Å²) in [6, 6.07) is 9.18. The van der Waals surface area contributed by atoms with Gasteiger partial charge in [-0.15, -0.1) is 0 Å². The SMILES string of the molecule is CCCc1ccc(C(=O)c2cc(OC)ncn2)cc1. The first-order valence-electron chi connectivity index (χ1n) is 6.24. The summed E-state index contributed by atoms with van der Waals surface area (Å²) in [5.41, 5.74) is 2.20. The molecule has 0 spiro atoms. The normalized spacial score (nSPS) is 10.2. The monoisotopic (exact) mass is 256 g/mol. The van der Waals surface area contributed by atoms with E-state index in [9.17, 15) is 4.79 Å². The van der Waals surface area contributed by atoms with Crippen LogP contribution in [0.25, 0.3) is 0 Å². The standard InChI is InChI=1S/C15H16N2O2/c1-3-4-11-5-7-12(8-6-11)15(18)13-9-14(19-2)17-10-16-13/h5-10H,3-4H2,1-2H3. The lowest BCUT2D eigenvalue weighted by molar-refractivity contribution is 0.103. The van der Waals surface area contributed by atoms with E-state index >= 15 is 0 Å². The first kappa shape index (κ1) is 13.2. The molecule has 0 aliphatic rings. The van der Waals surface area contributed by atoms with Crippen molar-refractivity contribution in [3.63, 3.8) is 0 Å². The van der Waals surface area contributed by atoms with Crippen molar-refractivity contribution in [2.24, 2.45) is 0 Å². The van der Waals surface area contributed by atoms with E-state index in [4.69, 9.17) is 4.74 Å². The Hall–Kier alpha value is -2.23. The highest BCUT2D eigenvalue weighted by atomic mass is 16.5. The van der Waals surface area contributed by atoms with E-state index in [1.165, 1.54) is 19.0 Å². The lowest BCUT2D eigenvalue weighted by atomic mass is 10.0. The van der Waals surface area contributed by atoms with Crippen LogP contribution in [0.4, 0.5) is 0 Å². The van der Waals surface area contributed by atoms with E-state index < -0.39 is 0 Å². The van der Waals surface area contributed by atoms with E-state index in [1.54, 1.807) is 6.07 Å². The minimum atomic E-state index is -0.122. The highest BCUT2D eigenvalue weighted by Crippen LogP contribution is 2.13. The zero-order valence-electron chi connectivity index (χ0n) is 11.1. The maximum absolute atomic E-state index is 12.2. The fourth-order valence-electron chi connectivity index (χ4n) is 1.83. The summed E-state index contributed by atoms with van der Waals surface area (Å²) in [5, 5.41) is 0. The van der Waals surface area contributed by atoms with Crippen LogP contribution in [0.1, 0.15) is 35.0 Å². The van der Waals surface area contributed by atoms with Gasteiger partial charge in [-0.25, -0.2) is 9.97 Å². The third-order valence-electron chi connectivity index (χ3n) is 2.84. The summed E-state index contributed by atoms with van der Waals surface area (Å²) in [6.45, 7) is 2.13. The number of aromatic nitrogens is 2. The Bertz CT molecular complexity index is 565. The summed E-state index contributed by atoms with van der Waals surface area (Å²) in [6.07, 6.45) is 3.45. The molecule has 1 aromatic carbocycles. The second-order valence-corrected chi connectivity index (χ2v) is 4.22. The van der Waals surface area contributed by atoms with E-state index in [0.717, 1.165) is 12.8 Å². The van der Waals surface area contributed by atoms with Crippen molar-refractivity contribution >= 4 is 5.78 Å². The molecular weight excluding hydrogens is 240 g/mol. The third kappa shape index (κ3) is 3.16. The molecule has 2 aromatic rings. The van der Waals surface area contributed by atoms with Crippen LogP contribution in [-0.2, 0) is 6.42 Å². The number of nitrogens with zero attached hydrogens (tertiary/aromatic N) is 2. The van der Waals surface area contributed by atoms with Gasteiger partial charge >= 0.3 is 0 Å². The molecule has 98 valence electrons. The van der Waals surface area contributed by atoms with Crippen molar-refractivity contribution in [2.45, 2.75) is 19.8 Å². The maximum atomic E-state index is 12.2. The van der Waals surface area contributed by atoms with Crippen LogP contribution in [0, 0.1) is 0 Å². The van der Waals surface area contributed by atoms with E-state index in [2.05, 4.69) is 16.9 Å². The van der Waals surface area contributed by atoms with E-state index in [1.807, 2.05) is 24.3 Å².